The third-order valence-electron chi connectivity index (χ3n) is 6.38. The van der Waals surface area contributed by atoms with Gasteiger partial charge in [0.15, 0.2) is 11.4 Å². The van der Waals surface area contributed by atoms with Crippen LogP contribution in [0.5, 0.6) is 5.75 Å². The van der Waals surface area contributed by atoms with Gasteiger partial charge in [-0.15, -0.1) is 0 Å². The van der Waals surface area contributed by atoms with E-state index in [1.54, 1.807) is 0 Å². The molecule has 1 aliphatic rings. The van der Waals surface area contributed by atoms with E-state index in [1.807, 2.05) is 42.5 Å². The predicted octanol–water partition coefficient (Wildman–Crippen LogP) is 8.21. The molecule has 32 heavy (non-hydrogen) atoms. The van der Waals surface area contributed by atoms with Crippen LogP contribution in [0.15, 0.2) is 89.5 Å². The van der Waals surface area contributed by atoms with Crippen molar-refractivity contribution in [1.29, 1.82) is 0 Å². The van der Waals surface area contributed by atoms with Crippen molar-refractivity contribution in [2.24, 2.45) is 5.41 Å². The first kappa shape index (κ1) is 23.8. The highest BCUT2D eigenvalue weighted by atomic mass is 16.5. The summed E-state index contributed by atoms with van der Waals surface area (Å²) in [6.45, 7) is 12.6. The Labute approximate surface area is 193 Å². The highest BCUT2D eigenvalue weighted by molar-refractivity contribution is 6.05. The second-order valence-electron chi connectivity index (χ2n) is 9.66. The molecule has 168 valence electrons. The van der Waals surface area contributed by atoms with E-state index in [9.17, 15) is 4.79 Å². The van der Waals surface area contributed by atoms with Crippen molar-refractivity contribution >= 4 is 5.78 Å². The van der Waals surface area contributed by atoms with Crippen molar-refractivity contribution in [3.63, 3.8) is 0 Å². The van der Waals surface area contributed by atoms with E-state index in [0.29, 0.717) is 30.6 Å². The van der Waals surface area contributed by atoms with Crippen molar-refractivity contribution in [2.75, 3.05) is 0 Å². The number of benzene rings is 2. The quantitative estimate of drug-likeness (QED) is 0.415. The summed E-state index contributed by atoms with van der Waals surface area (Å²) in [6.07, 6.45) is 8.50. The third kappa shape index (κ3) is 4.50. The topological polar surface area (TPSA) is 26.3 Å². The SMILES string of the molecule is CC(C)=CCC1(CC=C(C)C)C(=O)c2ccccc2OC1(CC=C(C)C)c1ccccc1. The number of Topliss-reactive ketones (excluding diaryl/α,β-unsaturated/α-hetero) is 1. The molecule has 1 aliphatic heterocycles. The second kappa shape index (κ2) is 9.73. The predicted molar refractivity (Wildman–Crippen MR) is 134 cm³/mol. The van der Waals surface area contributed by atoms with E-state index in [-0.39, 0.29) is 5.78 Å². The zero-order valence-corrected chi connectivity index (χ0v) is 20.4. The van der Waals surface area contributed by atoms with Crippen LogP contribution in [0.3, 0.4) is 0 Å². The molecule has 0 fully saturated rings. The number of ketones is 1. The molecule has 1 atom stereocenters. The Kier molecular flexibility index (Phi) is 7.23. The van der Waals surface area contributed by atoms with Crippen molar-refractivity contribution in [3.05, 3.63) is 101 Å². The van der Waals surface area contributed by atoms with Crippen LogP contribution in [0.2, 0.25) is 0 Å². The lowest BCUT2D eigenvalue weighted by Gasteiger charge is -2.52. The smallest absolute Gasteiger partial charge is 0.177 e. The average molecular weight is 429 g/mol. The van der Waals surface area contributed by atoms with Gasteiger partial charge < -0.3 is 4.74 Å². The minimum atomic E-state index is -0.811. The van der Waals surface area contributed by atoms with Gasteiger partial charge in [-0.3, -0.25) is 4.79 Å². The maximum atomic E-state index is 14.4. The van der Waals surface area contributed by atoms with E-state index in [4.69, 9.17) is 4.74 Å². The van der Waals surface area contributed by atoms with Gasteiger partial charge in [-0.2, -0.15) is 0 Å². The summed E-state index contributed by atoms with van der Waals surface area (Å²) in [4.78, 5) is 14.4. The number of para-hydroxylation sites is 1. The fourth-order valence-corrected chi connectivity index (χ4v) is 4.57. The first-order valence-corrected chi connectivity index (χ1v) is 11.5. The van der Waals surface area contributed by atoms with E-state index in [0.717, 1.165) is 5.56 Å². The molecule has 0 spiro atoms. The summed E-state index contributed by atoms with van der Waals surface area (Å²) in [6, 6.07) is 18.0. The van der Waals surface area contributed by atoms with Crippen LogP contribution in [0.25, 0.3) is 0 Å². The van der Waals surface area contributed by atoms with Crippen LogP contribution in [0, 0.1) is 5.41 Å². The Hall–Kier alpha value is -2.87. The van der Waals surface area contributed by atoms with Crippen LogP contribution in [0.4, 0.5) is 0 Å². The van der Waals surface area contributed by atoms with E-state index >= 15 is 0 Å². The van der Waals surface area contributed by atoms with E-state index in [2.05, 4.69) is 71.9 Å². The Morgan fingerprint density at radius 2 is 1.22 bits per heavy atom. The van der Waals surface area contributed by atoms with Gasteiger partial charge in [0.25, 0.3) is 0 Å². The summed E-state index contributed by atoms with van der Waals surface area (Å²) in [7, 11) is 0. The second-order valence-corrected chi connectivity index (χ2v) is 9.66. The van der Waals surface area contributed by atoms with Gasteiger partial charge in [0.2, 0.25) is 0 Å². The third-order valence-corrected chi connectivity index (χ3v) is 6.38. The molecule has 3 rings (SSSR count). The van der Waals surface area contributed by atoms with Gasteiger partial charge in [-0.1, -0.05) is 77.4 Å². The Morgan fingerprint density at radius 1 is 0.719 bits per heavy atom. The first-order valence-electron chi connectivity index (χ1n) is 11.5. The van der Waals surface area contributed by atoms with Crippen molar-refractivity contribution in [1.82, 2.24) is 0 Å². The molecular weight excluding hydrogens is 392 g/mol. The Balaban J connectivity index is 2.41. The molecule has 0 aliphatic carbocycles. The molecule has 0 amide bonds. The number of hydrogen-bond donors (Lipinski definition) is 0. The summed E-state index contributed by atoms with van der Waals surface area (Å²) < 4.78 is 6.98. The lowest BCUT2D eigenvalue weighted by Crippen LogP contribution is -2.57. The van der Waals surface area contributed by atoms with Gasteiger partial charge in [0.05, 0.1) is 11.0 Å². The summed E-state index contributed by atoms with van der Waals surface area (Å²) in [5.41, 5.74) is 3.78. The lowest BCUT2D eigenvalue weighted by atomic mass is 9.57. The van der Waals surface area contributed by atoms with Crippen LogP contribution in [0.1, 0.15) is 76.7 Å². The van der Waals surface area contributed by atoms with E-state index in [1.165, 1.54) is 16.7 Å². The molecular formula is C30H36O2. The molecule has 2 nitrogen and oxygen atoms in total. The van der Waals surface area contributed by atoms with Crippen molar-refractivity contribution < 1.29 is 9.53 Å². The highest BCUT2D eigenvalue weighted by Gasteiger charge is 2.60. The minimum Gasteiger partial charge on any atom is -0.480 e. The number of rotatable bonds is 7. The number of hydrogen-bond acceptors (Lipinski definition) is 2. The fourth-order valence-electron chi connectivity index (χ4n) is 4.57. The van der Waals surface area contributed by atoms with Gasteiger partial charge in [-0.05, 0) is 72.1 Å². The highest BCUT2D eigenvalue weighted by Crippen LogP contribution is 2.57. The van der Waals surface area contributed by atoms with E-state index < -0.39 is 11.0 Å². The molecule has 0 saturated carbocycles. The maximum Gasteiger partial charge on any atom is 0.177 e. The van der Waals surface area contributed by atoms with Gasteiger partial charge in [0, 0.05) is 6.42 Å². The fraction of sp³-hybridized carbons (Fsp3) is 0.367. The molecule has 2 aromatic rings. The van der Waals surface area contributed by atoms with Gasteiger partial charge in [0.1, 0.15) is 5.75 Å². The number of carbonyl (C=O) groups excluding carboxylic acids is 1. The van der Waals surface area contributed by atoms with Crippen molar-refractivity contribution in [2.45, 2.75) is 66.4 Å². The minimum absolute atomic E-state index is 0.167. The number of carbonyl (C=O) groups is 1. The van der Waals surface area contributed by atoms with Crippen LogP contribution in [-0.4, -0.2) is 5.78 Å². The van der Waals surface area contributed by atoms with Crippen LogP contribution in [-0.2, 0) is 5.60 Å². The molecule has 0 radical (unpaired) electrons. The van der Waals surface area contributed by atoms with Crippen molar-refractivity contribution in [3.8, 4) is 5.75 Å². The van der Waals surface area contributed by atoms with Crippen LogP contribution >= 0.6 is 0 Å². The Bertz CT molecular complexity index is 1020. The van der Waals surface area contributed by atoms with Gasteiger partial charge in [-0.25, -0.2) is 0 Å². The van der Waals surface area contributed by atoms with Gasteiger partial charge >= 0.3 is 0 Å². The van der Waals surface area contributed by atoms with Crippen LogP contribution < -0.4 is 4.74 Å². The number of fused-ring (bicyclic) bond motifs is 1. The lowest BCUT2D eigenvalue weighted by molar-refractivity contribution is -0.0568. The zero-order valence-electron chi connectivity index (χ0n) is 20.4. The Morgan fingerprint density at radius 3 is 1.78 bits per heavy atom. The summed E-state index contributed by atoms with van der Waals surface area (Å²) >= 11 is 0. The molecule has 2 aromatic carbocycles. The molecule has 0 saturated heterocycles. The average Bonchev–Trinajstić information content (AvgIpc) is 2.77. The maximum absolute atomic E-state index is 14.4. The normalized spacial score (nSPS) is 18.8. The molecule has 1 heterocycles. The largest absolute Gasteiger partial charge is 0.480 e. The summed E-state index contributed by atoms with van der Waals surface area (Å²) in [5.74, 6) is 0.842. The molecule has 2 heteroatoms. The molecule has 1 unspecified atom stereocenters. The first-order chi connectivity index (χ1) is 15.2. The standard InChI is InChI=1S/C30H36O2/c1-22(2)16-19-29(20-17-23(3)4)28(31)26-14-10-11-15-27(26)32-30(29,21-18-24(5)6)25-12-8-7-9-13-25/h7-18H,19-21H2,1-6H3. The summed E-state index contributed by atoms with van der Waals surface area (Å²) in [5, 5.41) is 0. The zero-order chi connectivity index (χ0) is 23.4. The monoisotopic (exact) mass is 428 g/mol. The number of allylic oxidation sites excluding steroid dienone is 5. The molecule has 0 aromatic heterocycles. The molecule has 0 bridgehead atoms. The molecule has 0 N–H and O–H groups in total. The number of ether oxygens (including phenoxy) is 1.